The molecule has 0 N–H and O–H groups in total. The number of carbonyl (C=O) groups is 1. The minimum absolute atomic E-state index is 0.0419. The van der Waals surface area contributed by atoms with Gasteiger partial charge in [0.1, 0.15) is 12.4 Å². The molecule has 1 aliphatic heterocycles. The fourth-order valence-corrected chi connectivity index (χ4v) is 1.45. The van der Waals surface area contributed by atoms with Crippen LogP contribution < -0.4 is 4.74 Å². The van der Waals surface area contributed by atoms with Crippen LogP contribution in [-0.2, 0) is 4.79 Å². The Balaban J connectivity index is 2.47. The van der Waals surface area contributed by atoms with Crippen molar-refractivity contribution in [2.24, 2.45) is 5.11 Å². The van der Waals surface area contributed by atoms with E-state index in [1.54, 1.807) is 0 Å². The van der Waals surface area contributed by atoms with Crippen LogP contribution in [0.4, 0.5) is 8.78 Å². The largest absolute Gasteiger partial charge is 0.485 e. The van der Waals surface area contributed by atoms with E-state index >= 15 is 0 Å². The van der Waals surface area contributed by atoms with Gasteiger partial charge in [-0.3, -0.25) is 4.79 Å². The SMILES string of the molecule is [N-]=[N+]=NC(=O)C1=Cc2cc(F)cc(F)c2OC1. The molecule has 0 atom stereocenters. The quantitative estimate of drug-likeness (QED) is 0.427. The van der Waals surface area contributed by atoms with E-state index in [1.165, 1.54) is 6.08 Å². The minimum Gasteiger partial charge on any atom is -0.485 e. The topological polar surface area (TPSA) is 75.1 Å². The number of rotatable bonds is 1. The van der Waals surface area contributed by atoms with Crippen molar-refractivity contribution < 1.29 is 18.3 Å². The predicted molar refractivity (Wildman–Crippen MR) is 54.0 cm³/mol. The van der Waals surface area contributed by atoms with E-state index in [2.05, 4.69) is 10.0 Å². The molecule has 5 nitrogen and oxygen atoms in total. The molecule has 0 fully saturated rings. The van der Waals surface area contributed by atoms with Crippen molar-refractivity contribution in [1.29, 1.82) is 0 Å². The van der Waals surface area contributed by atoms with Crippen LogP contribution >= 0.6 is 0 Å². The molecular weight excluding hydrogens is 232 g/mol. The van der Waals surface area contributed by atoms with Gasteiger partial charge < -0.3 is 4.74 Å². The molecule has 1 amide bonds. The van der Waals surface area contributed by atoms with Gasteiger partial charge in [-0.2, -0.15) is 0 Å². The van der Waals surface area contributed by atoms with Crippen LogP contribution in [0.1, 0.15) is 5.56 Å². The number of azide groups is 1. The van der Waals surface area contributed by atoms with Crippen LogP contribution in [0, 0.1) is 11.6 Å². The fraction of sp³-hybridized carbons (Fsp3) is 0.100. The molecule has 0 aliphatic carbocycles. The third-order valence-corrected chi connectivity index (χ3v) is 2.15. The second kappa shape index (κ2) is 4.23. The van der Waals surface area contributed by atoms with E-state index in [1.807, 2.05) is 0 Å². The molecule has 7 heteroatoms. The highest BCUT2D eigenvalue weighted by atomic mass is 19.1. The summed E-state index contributed by atoms with van der Waals surface area (Å²) in [6, 6.07) is 1.72. The normalized spacial score (nSPS) is 12.9. The highest BCUT2D eigenvalue weighted by molar-refractivity contribution is 5.99. The smallest absolute Gasteiger partial charge is 0.248 e. The second-order valence-electron chi connectivity index (χ2n) is 3.26. The van der Waals surface area contributed by atoms with E-state index < -0.39 is 17.5 Å². The number of fused-ring (bicyclic) bond motifs is 1. The number of benzene rings is 1. The zero-order valence-corrected chi connectivity index (χ0v) is 8.35. The van der Waals surface area contributed by atoms with E-state index in [4.69, 9.17) is 10.3 Å². The number of carbonyl (C=O) groups excluding carboxylic acids is 1. The lowest BCUT2D eigenvalue weighted by Gasteiger charge is -2.16. The van der Waals surface area contributed by atoms with Crippen molar-refractivity contribution in [2.45, 2.75) is 0 Å². The maximum Gasteiger partial charge on any atom is 0.248 e. The Morgan fingerprint density at radius 1 is 1.47 bits per heavy atom. The standard InChI is InChI=1S/C10H5F2N3O2/c11-7-2-5-1-6(10(16)14-15-13)4-17-9(5)8(12)3-7/h1-3H,4H2. The van der Waals surface area contributed by atoms with Gasteiger partial charge in [-0.25, -0.2) is 8.78 Å². The Morgan fingerprint density at radius 3 is 2.94 bits per heavy atom. The van der Waals surface area contributed by atoms with Crippen molar-refractivity contribution in [1.82, 2.24) is 0 Å². The summed E-state index contributed by atoms with van der Waals surface area (Å²) in [5.74, 6) is -2.57. The van der Waals surface area contributed by atoms with Crippen molar-refractivity contribution in [2.75, 3.05) is 6.61 Å². The molecule has 0 saturated heterocycles. The zero-order valence-electron chi connectivity index (χ0n) is 8.35. The first-order valence-corrected chi connectivity index (χ1v) is 4.53. The van der Waals surface area contributed by atoms with Gasteiger partial charge in [0.15, 0.2) is 11.6 Å². The lowest BCUT2D eigenvalue weighted by atomic mass is 10.1. The Kier molecular flexibility index (Phi) is 2.76. The highest BCUT2D eigenvalue weighted by Crippen LogP contribution is 2.30. The lowest BCUT2D eigenvalue weighted by Crippen LogP contribution is -2.14. The van der Waals surface area contributed by atoms with Gasteiger partial charge in [0.05, 0.1) is 0 Å². The van der Waals surface area contributed by atoms with Gasteiger partial charge in [0.25, 0.3) is 0 Å². The summed E-state index contributed by atoms with van der Waals surface area (Å²) >= 11 is 0. The van der Waals surface area contributed by atoms with Crippen LogP contribution in [-0.4, -0.2) is 12.5 Å². The molecule has 1 aliphatic rings. The Hall–Kier alpha value is -2.40. The van der Waals surface area contributed by atoms with Crippen LogP contribution in [0.5, 0.6) is 5.75 Å². The minimum atomic E-state index is -0.841. The van der Waals surface area contributed by atoms with Crippen molar-refractivity contribution in [3.05, 3.63) is 45.3 Å². The molecule has 1 aromatic carbocycles. The Morgan fingerprint density at radius 2 is 2.24 bits per heavy atom. The molecule has 0 bridgehead atoms. The van der Waals surface area contributed by atoms with Gasteiger partial charge in [-0.1, -0.05) is 0 Å². The van der Waals surface area contributed by atoms with Gasteiger partial charge in [-0.15, -0.1) is 0 Å². The summed E-state index contributed by atoms with van der Waals surface area (Å²) in [6.07, 6.45) is 1.24. The Bertz CT molecular complexity index is 577. The first-order valence-electron chi connectivity index (χ1n) is 4.53. The van der Waals surface area contributed by atoms with E-state index in [0.717, 1.165) is 6.07 Å². The van der Waals surface area contributed by atoms with Crippen LogP contribution in [0.15, 0.2) is 22.8 Å². The number of hydrogen-bond donors (Lipinski definition) is 0. The van der Waals surface area contributed by atoms with Gasteiger partial charge in [0.2, 0.25) is 5.91 Å². The van der Waals surface area contributed by atoms with Crippen LogP contribution in [0.25, 0.3) is 16.5 Å². The van der Waals surface area contributed by atoms with E-state index in [-0.39, 0.29) is 23.5 Å². The molecule has 2 rings (SSSR count). The zero-order chi connectivity index (χ0) is 12.4. The van der Waals surface area contributed by atoms with Crippen molar-refractivity contribution in [3.63, 3.8) is 0 Å². The number of nitrogens with zero attached hydrogens (tertiary/aromatic N) is 3. The first-order chi connectivity index (χ1) is 8.11. The van der Waals surface area contributed by atoms with E-state index in [9.17, 15) is 13.6 Å². The Labute approximate surface area is 93.9 Å². The molecule has 0 unspecified atom stereocenters. The molecule has 0 saturated carbocycles. The lowest BCUT2D eigenvalue weighted by molar-refractivity contribution is -0.114. The predicted octanol–water partition coefficient (Wildman–Crippen LogP) is 2.58. The third-order valence-electron chi connectivity index (χ3n) is 2.15. The molecule has 0 aromatic heterocycles. The van der Waals surface area contributed by atoms with Gasteiger partial charge in [-0.05, 0) is 22.8 Å². The van der Waals surface area contributed by atoms with Gasteiger partial charge in [0, 0.05) is 22.1 Å². The average molecular weight is 237 g/mol. The molecule has 1 heterocycles. The number of halogens is 2. The maximum atomic E-state index is 13.2. The molecule has 86 valence electrons. The second-order valence-corrected chi connectivity index (χ2v) is 3.26. The number of hydrogen-bond acceptors (Lipinski definition) is 2. The molecule has 0 spiro atoms. The summed E-state index contributed by atoms with van der Waals surface area (Å²) in [6.45, 7) is -0.215. The van der Waals surface area contributed by atoms with E-state index in [0.29, 0.717) is 6.07 Å². The maximum absolute atomic E-state index is 13.2. The summed E-state index contributed by atoms with van der Waals surface area (Å²) < 4.78 is 31.2. The summed E-state index contributed by atoms with van der Waals surface area (Å²) in [4.78, 5) is 13.6. The van der Waals surface area contributed by atoms with Crippen molar-refractivity contribution >= 4 is 12.0 Å². The summed E-state index contributed by atoms with van der Waals surface area (Å²) in [5.41, 5.74) is 8.24. The average Bonchev–Trinajstić information content (AvgIpc) is 2.28. The summed E-state index contributed by atoms with van der Waals surface area (Å²) in [5, 5.41) is 2.87. The fourth-order valence-electron chi connectivity index (χ4n) is 1.45. The third kappa shape index (κ3) is 2.09. The van der Waals surface area contributed by atoms with Gasteiger partial charge >= 0.3 is 0 Å². The number of amides is 1. The molecule has 17 heavy (non-hydrogen) atoms. The van der Waals surface area contributed by atoms with Crippen LogP contribution in [0.3, 0.4) is 0 Å². The summed E-state index contributed by atoms with van der Waals surface area (Å²) in [7, 11) is 0. The molecule has 0 radical (unpaired) electrons. The molecular formula is C10H5F2N3O2. The van der Waals surface area contributed by atoms with Crippen molar-refractivity contribution in [3.8, 4) is 5.75 Å². The number of ether oxygens (including phenoxy) is 1. The first kappa shape index (κ1) is 11.1. The molecule has 1 aromatic rings. The highest BCUT2D eigenvalue weighted by Gasteiger charge is 2.20. The van der Waals surface area contributed by atoms with Crippen LogP contribution in [0.2, 0.25) is 0 Å². The monoisotopic (exact) mass is 237 g/mol.